The Bertz CT molecular complexity index is 789. The number of aromatic nitrogens is 1. The zero-order chi connectivity index (χ0) is 15.6. The second-order valence-electron chi connectivity index (χ2n) is 4.02. The van der Waals surface area contributed by atoms with E-state index in [9.17, 15) is 18.3 Å². The number of hydrogen-bond donors (Lipinski definition) is 3. The number of thiazole rings is 1. The Hall–Kier alpha value is -1.84. The zero-order valence-electron chi connectivity index (χ0n) is 10.6. The number of nitrogens with zero attached hydrogens (tertiary/aromatic N) is 1. The van der Waals surface area contributed by atoms with Gasteiger partial charge in [-0.05, 0) is 18.2 Å². The fourth-order valence-corrected chi connectivity index (χ4v) is 3.19. The van der Waals surface area contributed by atoms with E-state index >= 15 is 0 Å². The van der Waals surface area contributed by atoms with Crippen molar-refractivity contribution in [1.29, 1.82) is 0 Å². The second kappa shape index (κ2) is 5.88. The Labute approximate surface area is 129 Å². The Kier molecular flexibility index (Phi) is 4.35. The second-order valence-corrected chi connectivity index (χ2v) is 7.24. The molecule has 0 saturated heterocycles. The molecule has 0 aliphatic heterocycles. The van der Waals surface area contributed by atoms with Gasteiger partial charge in [0.25, 0.3) is 5.91 Å². The van der Waals surface area contributed by atoms with Crippen molar-refractivity contribution >= 4 is 49.0 Å². The lowest BCUT2D eigenvalue weighted by Gasteiger charge is -2.04. The third-order valence-corrected chi connectivity index (χ3v) is 4.00. The molecule has 0 saturated carbocycles. The van der Waals surface area contributed by atoms with E-state index in [1.165, 1.54) is 24.4 Å². The van der Waals surface area contributed by atoms with Gasteiger partial charge in [0.15, 0.2) is 5.13 Å². The van der Waals surface area contributed by atoms with Gasteiger partial charge in [-0.1, -0.05) is 22.9 Å². The van der Waals surface area contributed by atoms with Crippen molar-refractivity contribution in [3.05, 3.63) is 35.0 Å². The summed E-state index contributed by atoms with van der Waals surface area (Å²) in [6, 6.07) is 4.07. The van der Waals surface area contributed by atoms with Gasteiger partial charge in [0.1, 0.15) is 10.8 Å². The van der Waals surface area contributed by atoms with Crippen LogP contribution in [0.25, 0.3) is 0 Å². The minimum Gasteiger partial charge on any atom is -0.507 e. The number of benzene rings is 1. The van der Waals surface area contributed by atoms with Gasteiger partial charge in [0, 0.05) is 5.02 Å². The largest absolute Gasteiger partial charge is 0.507 e. The van der Waals surface area contributed by atoms with Gasteiger partial charge >= 0.3 is 0 Å². The molecule has 2 aromatic rings. The lowest BCUT2D eigenvalue weighted by molar-refractivity contribution is 0.102. The molecule has 112 valence electrons. The molecule has 0 aliphatic carbocycles. The first-order valence-corrected chi connectivity index (χ1v) is 8.57. The van der Waals surface area contributed by atoms with Crippen LogP contribution in [0.15, 0.2) is 24.4 Å². The van der Waals surface area contributed by atoms with Crippen molar-refractivity contribution in [2.24, 2.45) is 0 Å². The summed E-state index contributed by atoms with van der Waals surface area (Å²) in [5.74, 6) is -0.821. The summed E-state index contributed by atoms with van der Waals surface area (Å²) < 4.78 is 24.4. The maximum atomic E-state index is 12.0. The molecule has 3 N–H and O–H groups in total. The van der Waals surface area contributed by atoms with Crippen molar-refractivity contribution in [2.45, 2.75) is 0 Å². The first-order chi connectivity index (χ1) is 9.74. The van der Waals surface area contributed by atoms with Gasteiger partial charge in [-0.25, -0.2) is 13.4 Å². The Morgan fingerprint density at radius 3 is 2.81 bits per heavy atom. The summed E-state index contributed by atoms with van der Waals surface area (Å²) in [6.45, 7) is 0. The number of halogens is 1. The van der Waals surface area contributed by atoms with E-state index in [0.717, 1.165) is 17.6 Å². The molecule has 1 heterocycles. The van der Waals surface area contributed by atoms with Crippen LogP contribution in [0, 0.1) is 0 Å². The molecular weight excluding hydrogens is 338 g/mol. The van der Waals surface area contributed by atoms with E-state index in [2.05, 4.69) is 15.0 Å². The lowest BCUT2D eigenvalue weighted by atomic mass is 10.2. The van der Waals surface area contributed by atoms with Crippen LogP contribution < -0.4 is 10.0 Å². The van der Waals surface area contributed by atoms with Crippen molar-refractivity contribution in [3.63, 3.8) is 0 Å². The van der Waals surface area contributed by atoms with E-state index in [1.807, 2.05) is 0 Å². The molecule has 21 heavy (non-hydrogen) atoms. The average Bonchev–Trinajstić information content (AvgIpc) is 2.77. The number of aromatic hydroxyl groups is 1. The van der Waals surface area contributed by atoms with Crippen LogP contribution in [-0.4, -0.2) is 30.7 Å². The highest BCUT2D eigenvalue weighted by Crippen LogP contribution is 2.26. The molecule has 0 bridgehead atoms. The van der Waals surface area contributed by atoms with E-state index < -0.39 is 15.9 Å². The lowest BCUT2D eigenvalue weighted by Crippen LogP contribution is -2.11. The average molecular weight is 348 g/mol. The number of phenolic OH excluding ortho intramolecular Hbond substituents is 1. The van der Waals surface area contributed by atoms with Gasteiger partial charge in [-0.3, -0.25) is 14.8 Å². The van der Waals surface area contributed by atoms with E-state index in [4.69, 9.17) is 11.6 Å². The fourth-order valence-electron chi connectivity index (χ4n) is 1.42. The van der Waals surface area contributed by atoms with Crippen LogP contribution in [0.2, 0.25) is 5.02 Å². The quantitative estimate of drug-likeness (QED) is 0.785. The van der Waals surface area contributed by atoms with E-state index in [-0.39, 0.29) is 21.4 Å². The molecule has 0 aliphatic rings. The molecule has 1 amide bonds. The van der Waals surface area contributed by atoms with Gasteiger partial charge in [0.2, 0.25) is 10.0 Å². The van der Waals surface area contributed by atoms with Crippen molar-refractivity contribution < 1.29 is 18.3 Å². The van der Waals surface area contributed by atoms with Gasteiger partial charge in [-0.15, -0.1) is 0 Å². The highest BCUT2D eigenvalue weighted by atomic mass is 35.5. The summed E-state index contributed by atoms with van der Waals surface area (Å²) in [4.78, 5) is 15.8. The third kappa shape index (κ3) is 4.31. The van der Waals surface area contributed by atoms with Crippen molar-refractivity contribution in [3.8, 4) is 5.75 Å². The third-order valence-electron chi connectivity index (χ3n) is 2.22. The van der Waals surface area contributed by atoms with Crippen molar-refractivity contribution in [1.82, 2.24) is 4.98 Å². The molecule has 7 nitrogen and oxygen atoms in total. The molecule has 0 unspecified atom stereocenters. The summed E-state index contributed by atoms with van der Waals surface area (Å²) in [5, 5.41) is 12.8. The number of nitrogens with one attached hydrogen (secondary N) is 2. The molecule has 1 aromatic heterocycles. The summed E-state index contributed by atoms with van der Waals surface area (Å²) in [5.41, 5.74) is -0.00433. The molecule has 0 radical (unpaired) electrons. The molecule has 0 atom stereocenters. The minimum atomic E-state index is -3.41. The zero-order valence-corrected chi connectivity index (χ0v) is 13.0. The van der Waals surface area contributed by atoms with Gasteiger partial charge in [-0.2, -0.15) is 0 Å². The Morgan fingerprint density at radius 2 is 2.14 bits per heavy atom. The normalized spacial score (nSPS) is 11.1. The van der Waals surface area contributed by atoms with Crippen LogP contribution in [-0.2, 0) is 10.0 Å². The van der Waals surface area contributed by atoms with Crippen molar-refractivity contribution in [2.75, 3.05) is 16.3 Å². The molecular formula is C11H10ClN3O4S2. The Morgan fingerprint density at radius 1 is 1.43 bits per heavy atom. The number of anilines is 2. The Balaban J connectivity index is 2.15. The highest BCUT2D eigenvalue weighted by molar-refractivity contribution is 7.92. The number of sulfonamides is 1. The summed E-state index contributed by atoms with van der Waals surface area (Å²) >= 11 is 6.70. The maximum absolute atomic E-state index is 12.0. The van der Waals surface area contributed by atoms with Crippen LogP contribution in [0.3, 0.4) is 0 Å². The molecule has 1 aromatic carbocycles. The molecule has 10 heteroatoms. The number of carbonyl (C=O) groups is 1. The van der Waals surface area contributed by atoms with Crippen LogP contribution >= 0.6 is 22.9 Å². The summed E-state index contributed by atoms with van der Waals surface area (Å²) in [7, 11) is -3.41. The SMILES string of the molecule is CS(=O)(=O)Nc1cnc(NC(=O)c2cc(Cl)ccc2O)s1. The van der Waals surface area contributed by atoms with Gasteiger partial charge < -0.3 is 5.11 Å². The predicted molar refractivity (Wildman–Crippen MR) is 81.7 cm³/mol. The first-order valence-electron chi connectivity index (χ1n) is 5.48. The minimum absolute atomic E-state index is 0.00433. The molecule has 2 rings (SSSR count). The number of hydrogen-bond acceptors (Lipinski definition) is 6. The van der Waals surface area contributed by atoms with E-state index in [0.29, 0.717) is 5.02 Å². The van der Waals surface area contributed by atoms with Crippen LogP contribution in [0.5, 0.6) is 5.75 Å². The van der Waals surface area contributed by atoms with Crippen LogP contribution in [0.1, 0.15) is 10.4 Å². The standard InChI is InChI=1S/C11H10ClN3O4S2/c1-21(18,19)15-9-5-13-11(20-9)14-10(17)7-4-6(12)2-3-8(7)16/h2-5,15-16H,1H3,(H,13,14,17). The fraction of sp³-hybridized carbons (Fsp3) is 0.0909. The topological polar surface area (TPSA) is 108 Å². The summed E-state index contributed by atoms with van der Waals surface area (Å²) in [6.07, 6.45) is 2.29. The van der Waals surface area contributed by atoms with Gasteiger partial charge in [0.05, 0.1) is 18.0 Å². The molecule has 0 fully saturated rings. The number of rotatable bonds is 4. The molecule has 0 spiro atoms. The van der Waals surface area contributed by atoms with E-state index in [1.54, 1.807) is 0 Å². The highest BCUT2D eigenvalue weighted by Gasteiger charge is 2.14. The number of carbonyl (C=O) groups excluding carboxylic acids is 1. The van der Waals surface area contributed by atoms with Crippen LogP contribution in [0.4, 0.5) is 10.1 Å². The first kappa shape index (κ1) is 15.5. The number of phenols is 1. The monoisotopic (exact) mass is 347 g/mol. The predicted octanol–water partition coefficient (Wildman–Crippen LogP) is 2.13. The maximum Gasteiger partial charge on any atom is 0.261 e. The number of amides is 1. The smallest absolute Gasteiger partial charge is 0.261 e.